The van der Waals surface area contributed by atoms with E-state index in [4.69, 9.17) is 10.5 Å². The van der Waals surface area contributed by atoms with Gasteiger partial charge in [0.15, 0.2) is 0 Å². The summed E-state index contributed by atoms with van der Waals surface area (Å²) in [6.07, 6.45) is 7.02. The third-order valence-electron chi connectivity index (χ3n) is 1.37. The summed E-state index contributed by atoms with van der Waals surface area (Å²) in [4.78, 5) is 0. The van der Waals surface area contributed by atoms with Gasteiger partial charge in [-0.2, -0.15) is 10.5 Å². The molecule has 4 nitrogen and oxygen atoms in total. The van der Waals surface area contributed by atoms with Crippen molar-refractivity contribution in [2.24, 2.45) is 0 Å². The highest BCUT2D eigenvalue weighted by Crippen LogP contribution is 1.99. The molecule has 0 rings (SSSR count). The van der Waals surface area contributed by atoms with E-state index in [-0.39, 0.29) is 0 Å². The lowest BCUT2D eigenvalue weighted by Crippen LogP contribution is -1.91. The summed E-state index contributed by atoms with van der Waals surface area (Å²) in [6, 6.07) is 0. The summed E-state index contributed by atoms with van der Waals surface area (Å²) in [7, 11) is 0. The van der Waals surface area contributed by atoms with Crippen LogP contribution < -0.4 is 0 Å². The lowest BCUT2D eigenvalue weighted by atomic mass is 10.2. The molecule has 0 aliphatic heterocycles. The van der Waals surface area contributed by atoms with Crippen molar-refractivity contribution in [2.75, 3.05) is 13.2 Å². The van der Waals surface area contributed by atoms with E-state index in [2.05, 4.69) is 9.47 Å². The molecule has 0 spiro atoms. The normalized spacial score (nSPS) is 8.17. The van der Waals surface area contributed by atoms with Crippen molar-refractivity contribution in [1.29, 1.82) is 10.5 Å². The lowest BCUT2D eigenvalue weighted by Gasteiger charge is -1.97. The summed E-state index contributed by atoms with van der Waals surface area (Å²) in [5.74, 6) is 0. The first-order valence-corrected chi connectivity index (χ1v) is 3.93. The molecule has 0 aromatic heterocycles. The molecule has 0 aliphatic carbocycles. The second-order valence-corrected chi connectivity index (χ2v) is 2.29. The molecule has 0 amide bonds. The van der Waals surface area contributed by atoms with Gasteiger partial charge in [0.25, 0.3) is 12.5 Å². The van der Waals surface area contributed by atoms with Gasteiger partial charge >= 0.3 is 0 Å². The Labute approximate surface area is 72.3 Å². The highest BCUT2D eigenvalue weighted by atomic mass is 16.5. The van der Waals surface area contributed by atoms with E-state index < -0.39 is 0 Å². The predicted molar refractivity (Wildman–Crippen MR) is 41.6 cm³/mol. The molecule has 0 aliphatic rings. The quantitative estimate of drug-likeness (QED) is 0.427. The van der Waals surface area contributed by atoms with Crippen LogP contribution in [0.25, 0.3) is 0 Å². The number of nitrogens with zero attached hydrogens (tertiary/aromatic N) is 2. The summed E-state index contributed by atoms with van der Waals surface area (Å²) < 4.78 is 8.97. The maximum atomic E-state index is 8.01. The van der Waals surface area contributed by atoms with E-state index >= 15 is 0 Å². The van der Waals surface area contributed by atoms with E-state index in [1.54, 1.807) is 12.5 Å². The predicted octanol–water partition coefficient (Wildman–Crippen LogP) is 1.54. The van der Waals surface area contributed by atoms with Gasteiger partial charge in [0, 0.05) is 0 Å². The van der Waals surface area contributed by atoms with E-state index in [0.717, 1.165) is 25.7 Å². The van der Waals surface area contributed by atoms with Crippen LogP contribution in [0.4, 0.5) is 0 Å². The second kappa shape index (κ2) is 9.58. The number of rotatable bonds is 7. The van der Waals surface area contributed by atoms with Crippen LogP contribution >= 0.6 is 0 Å². The van der Waals surface area contributed by atoms with E-state index in [1.165, 1.54) is 0 Å². The summed E-state index contributed by atoms with van der Waals surface area (Å²) in [5.41, 5.74) is 0. The fourth-order valence-corrected chi connectivity index (χ4v) is 0.793. The van der Waals surface area contributed by atoms with Crippen LogP contribution in [0.15, 0.2) is 0 Å². The molecule has 0 N–H and O–H groups in total. The Morgan fingerprint density at radius 2 is 1.17 bits per heavy atom. The number of hydrogen-bond acceptors (Lipinski definition) is 4. The summed E-state index contributed by atoms with van der Waals surface area (Å²) >= 11 is 0. The topological polar surface area (TPSA) is 66.0 Å². The van der Waals surface area contributed by atoms with Crippen molar-refractivity contribution in [2.45, 2.75) is 25.7 Å². The fraction of sp³-hybridized carbons (Fsp3) is 0.750. The van der Waals surface area contributed by atoms with Crippen LogP contribution in [-0.2, 0) is 9.47 Å². The molecule has 0 unspecified atom stereocenters. The Morgan fingerprint density at radius 3 is 1.50 bits per heavy atom. The first-order chi connectivity index (χ1) is 5.91. The number of hydrogen-bond donors (Lipinski definition) is 0. The van der Waals surface area contributed by atoms with Gasteiger partial charge in [-0.15, -0.1) is 0 Å². The third kappa shape index (κ3) is 8.58. The maximum absolute atomic E-state index is 8.01. The summed E-state index contributed by atoms with van der Waals surface area (Å²) in [6.45, 7) is 0.991. The zero-order valence-corrected chi connectivity index (χ0v) is 6.95. The Bertz CT molecular complexity index is 149. The van der Waals surface area contributed by atoms with E-state index in [1.807, 2.05) is 0 Å². The molecular weight excluding hydrogens is 156 g/mol. The van der Waals surface area contributed by atoms with Crippen molar-refractivity contribution >= 4 is 0 Å². The van der Waals surface area contributed by atoms with Crippen LogP contribution in [0.2, 0.25) is 0 Å². The Balaban J connectivity index is 2.84. The molecule has 0 aromatic rings. The Kier molecular flexibility index (Phi) is 8.45. The van der Waals surface area contributed by atoms with Crippen molar-refractivity contribution in [3.8, 4) is 12.5 Å². The molecule has 0 fully saturated rings. The second-order valence-electron chi connectivity index (χ2n) is 2.29. The van der Waals surface area contributed by atoms with Crippen molar-refractivity contribution in [1.82, 2.24) is 0 Å². The van der Waals surface area contributed by atoms with Crippen LogP contribution in [0.1, 0.15) is 25.7 Å². The molecule has 4 heteroatoms. The van der Waals surface area contributed by atoms with Gasteiger partial charge in [-0.3, -0.25) is 0 Å². The molecule has 66 valence electrons. The molecule has 0 heterocycles. The minimum atomic E-state index is 0.496. The van der Waals surface area contributed by atoms with Crippen molar-refractivity contribution < 1.29 is 9.47 Å². The SMILES string of the molecule is N#COCCCCCCOC#N. The van der Waals surface area contributed by atoms with Gasteiger partial charge in [-0.1, -0.05) is 0 Å². The first kappa shape index (κ1) is 10.6. The minimum Gasteiger partial charge on any atom is -0.428 e. The van der Waals surface area contributed by atoms with E-state index in [0.29, 0.717) is 13.2 Å². The molecule has 0 saturated heterocycles. The number of nitriles is 2. The fourth-order valence-electron chi connectivity index (χ4n) is 0.793. The van der Waals surface area contributed by atoms with Gasteiger partial charge < -0.3 is 9.47 Å². The Hall–Kier alpha value is -1.42. The monoisotopic (exact) mass is 168 g/mol. The summed E-state index contributed by atoms with van der Waals surface area (Å²) in [5, 5.41) is 16.0. The van der Waals surface area contributed by atoms with Gasteiger partial charge in [0.05, 0.1) is 0 Å². The Morgan fingerprint density at radius 1 is 0.750 bits per heavy atom. The zero-order valence-electron chi connectivity index (χ0n) is 6.95. The van der Waals surface area contributed by atoms with E-state index in [9.17, 15) is 0 Å². The molecular formula is C8H12N2O2. The maximum Gasteiger partial charge on any atom is 0.286 e. The lowest BCUT2D eigenvalue weighted by molar-refractivity contribution is 0.245. The molecule has 12 heavy (non-hydrogen) atoms. The highest BCUT2D eigenvalue weighted by Gasteiger charge is 1.90. The third-order valence-corrected chi connectivity index (χ3v) is 1.37. The zero-order chi connectivity index (χ0) is 9.07. The molecule has 0 atom stereocenters. The molecule has 0 bridgehead atoms. The average Bonchev–Trinajstić information content (AvgIpc) is 2.10. The average molecular weight is 168 g/mol. The van der Waals surface area contributed by atoms with Crippen molar-refractivity contribution in [3.05, 3.63) is 0 Å². The molecule has 0 saturated carbocycles. The molecule has 0 aromatic carbocycles. The minimum absolute atomic E-state index is 0.496. The highest BCUT2D eigenvalue weighted by molar-refractivity contribution is 4.50. The van der Waals surface area contributed by atoms with Crippen LogP contribution in [0.3, 0.4) is 0 Å². The van der Waals surface area contributed by atoms with Gasteiger partial charge in [-0.25, -0.2) is 0 Å². The van der Waals surface area contributed by atoms with Gasteiger partial charge in [-0.05, 0) is 25.7 Å². The first-order valence-electron chi connectivity index (χ1n) is 3.93. The van der Waals surface area contributed by atoms with Crippen LogP contribution in [0, 0.1) is 23.0 Å². The standard InChI is InChI=1S/C8H12N2O2/c9-7-11-5-3-1-2-4-6-12-8-10/h1-6H2. The smallest absolute Gasteiger partial charge is 0.286 e. The molecule has 0 radical (unpaired) electrons. The number of ether oxygens (including phenoxy) is 2. The van der Waals surface area contributed by atoms with Crippen LogP contribution in [0.5, 0.6) is 0 Å². The largest absolute Gasteiger partial charge is 0.428 e. The van der Waals surface area contributed by atoms with Crippen molar-refractivity contribution in [3.63, 3.8) is 0 Å². The van der Waals surface area contributed by atoms with Gasteiger partial charge in [0.1, 0.15) is 13.2 Å². The van der Waals surface area contributed by atoms with Crippen LogP contribution in [-0.4, -0.2) is 13.2 Å². The number of unbranched alkanes of at least 4 members (excludes halogenated alkanes) is 3. The van der Waals surface area contributed by atoms with Gasteiger partial charge in [0.2, 0.25) is 0 Å².